The Morgan fingerprint density at radius 2 is 1.84 bits per heavy atom. The first-order valence-electron chi connectivity index (χ1n) is 10.6. The van der Waals surface area contributed by atoms with Crippen LogP contribution in [0, 0.1) is 11.7 Å². The molecule has 2 aromatic rings. The quantitative estimate of drug-likeness (QED) is 0.655. The van der Waals surface area contributed by atoms with Crippen molar-refractivity contribution >= 4 is 15.9 Å². The van der Waals surface area contributed by atoms with Gasteiger partial charge in [0, 0.05) is 25.7 Å². The van der Waals surface area contributed by atoms with Gasteiger partial charge in [0.05, 0.1) is 23.7 Å². The molecule has 0 radical (unpaired) electrons. The third-order valence-corrected chi connectivity index (χ3v) is 7.92. The normalized spacial score (nSPS) is 18.5. The smallest absolute Gasteiger partial charge is 0.257 e. The Kier molecular flexibility index (Phi) is 6.41. The van der Waals surface area contributed by atoms with Gasteiger partial charge < -0.3 is 9.64 Å². The SMILES string of the molecule is CC(C1CC1)N(Cc1ccccc1)C(=O)c1cc(S(=O)(=O)N2CCOCC2)ccc1F. The molecule has 0 N–H and O–H groups in total. The number of carbonyl (C=O) groups is 1. The molecule has 1 saturated heterocycles. The number of hydrogen-bond acceptors (Lipinski definition) is 4. The van der Waals surface area contributed by atoms with Crippen LogP contribution in [0.5, 0.6) is 0 Å². The summed E-state index contributed by atoms with van der Waals surface area (Å²) < 4.78 is 47.3. The number of ether oxygens (including phenoxy) is 1. The first-order chi connectivity index (χ1) is 14.9. The second-order valence-corrected chi connectivity index (χ2v) is 10.1. The van der Waals surface area contributed by atoms with E-state index in [9.17, 15) is 17.6 Å². The van der Waals surface area contributed by atoms with Crippen LogP contribution in [-0.2, 0) is 21.3 Å². The zero-order chi connectivity index (χ0) is 22.0. The lowest BCUT2D eigenvalue weighted by atomic mass is 10.1. The third kappa shape index (κ3) is 4.81. The van der Waals surface area contributed by atoms with Crippen LogP contribution < -0.4 is 0 Å². The molecule has 166 valence electrons. The standard InChI is InChI=1S/C23H27FN2O4S/c1-17(19-7-8-19)26(16-18-5-3-2-4-6-18)23(27)21-15-20(9-10-22(21)24)31(28,29)25-11-13-30-14-12-25/h2-6,9-10,15,17,19H,7-8,11-14,16H2,1H3. The summed E-state index contributed by atoms with van der Waals surface area (Å²) in [6.07, 6.45) is 2.07. The molecule has 4 rings (SSSR count). The van der Waals surface area contributed by atoms with Crippen molar-refractivity contribution in [2.75, 3.05) is 26.3 Å². The van der Waals surface area contributed by atoms with Gasteiger partial charge in [-0.2, -0.15) is 4.31 Å². The van der Waals surface area contributed by atoms with Crippen LogP contribution in [0.3, 0.4) is 0 Å². The van der Waals surface area contributed by atoms with Gasteiger partial charge in [-0.15, -0.1) is 0 Å². The highest BCUT2D eigenvalue weighted by Gasteiger charge is 2.36. The maximum Gasteiger partial charge on any atom is 0.257 e. The molecule has 31 heavy (non-hydrogen) atoms. The maximum absolute atomic E-state index is 14.8. The van der Waals surface area contributed by atoms with Gasteiger partial charge in [0.25, 0.3) is 5.91 Å². The molecule has 1 aliphatic carbocycles. The van der Waals surface area contributed by atoms with E-state index >= 15 is 0 Å². The number of halogens is 1. The van der Waals surface area contributed by atoms with Crippen molar-refractivity contribution in [2.24, 2.45) is 5.92 Å². The van der Waals surface area contributed by atoms with E-state index in [1.54, 1.807) is 4.90 Å². The number of morpholine rings is 1. The second-order valence-electron chi connectivity index (χ2n) is 8.15. The fourth-order valence-corrected chi connectivity index (χ4v) is 5.37. The van der Waals surface area contributed by atoms with Crippen LogP contribution in [0.4, 0.5) is 4.39 Å². The number of benzene rings is 2. The van der Waals surface area contributed by atoms with Gasteiger partial charge in [0.15, 0.2) is 0 Å². The molecule has 1 saturated carbocycles. The zero-order valence-corrected chi connectivity index (χ0v) is 18.4. The van der Waals surface area contributed by atoms with Crippen molar-refractivity contribution in [3.63, 3.8) is 0 Å². The number of carbonyl (C=O) groups excluding carboxylic acids is 1. The number of sulfonamides is 1. The predicted molar refractivity (Wildman–Crippen MR) is 114 cm³/mol. The summed E-state index contributed by atoms with van der Waals surface area (Å²) in [5.41, 5.74) is 0.735. The molecule has 6 nitrogen and oxygen atoms in total. The molecule has 1 atom stereocenters. The van der Waals surface area contributed by atoms with E-state index in [1.165, 1.54) is 16.4 Å². The van der Waals surface area contributed by atoms with Crippen molar-refractivity contribution < 1.29 is 22.3 Å². The van der Waals surface area contributed by atoms with E-state index in [4.69, 9.17) is 4.74 Å². The Bertz CT molecular complexity index is 1030. The van der Waals surface area contributed by atoms with Gasteiger partial charge in [-0.3, -0.25) is 4.79 Å². The maximum atomic E-state index is 14.8. The molecule has 2 aromatic carbocycles. The average molecular weight is 447 g/mol. The Morgan fingerprint density at radius 1 is 1.16 bits per heavy atom. The third-order valence-electron chi connectivity index (χ3n) is 6.03. The molecule has 1 heterocycles. The summed E-state index contributed by atoms with van der Waals surface area (Å²) >= 11 is 0. The molecule has 0 spiro atoms. The van der Waals surface area contributed by atoms with E-state index in [2.05, 4.69) is 0 Å². The molecule has 8 heteroatoms. The molecule has 2 fully saturated rings. The topological polar surface area (TPSA) is 66.9 Å². The lowest BCUT2D eigenvalue weighted by molar-refractivity contribution is 0.0649. The van der Waals surface area contributed by atoms with Gasteiger partial charge in [-0.1, -0.05) is 30.3 Å². The molecule has 1 aliphatic heterocycles. The van der Waals surface area contributed by atoms with E-state index in [-0.39, 0.29) is 29.6 Å². The van der Waals surface area contributed by atoms with Crippen LogP contribution in [0.25, 0.3) is 0 Å². The second kappa shape index (κ2) is 9.06. The summed E-state index contributed by atoms with van der Waals surface area (Å²) in [5, 5.41) is 0. The molecular weight excluding hydrogens is 419 g/mol. The Labute approximate surface area is 182 Å². The Morgan fingerprint density at radius 3 is 2.48 bits per heavy atom. The lowest BCUT2D eigenvalue weighted by Gasteiger charge is -2.30. The molecule has 1 unspecified atom stereocenters. The zero-order valence-electron chi connectivity index (χ0n) is 17.5. The predicted octanol–water partition coefficient (Wildman–Crippen LogP) is 3.29. The minimum Gasteiger partial charge on any atom is -0.379 e. The van der Waals surface area contributed by atoms with Crippen LogP contribution in [0.15, 0.2) is 53.4 Å². The Hall–Kier alpha value is -2.29. The van der Waals surface area contributed by atoms with Gasteiger partial charge in [0.2, 0.25) is 10.0 Å². The van der Waals surface area contributed by atoms with Crippen LogP contribution in [-0.4, -0.2) is 55.9 Å². The Balaban J connectivity index is 1.65. The van der Waals surface area contributed by atoms with E-state index in [1.807, 2.05) is 37.3 Å². The minimum atomic E-state index is -3.83. The van der Waals surface area contributed by atoms with Gasteiger partial charge >= 0.3 is 0 Å². The summed E-state index contributed by atoms with van der Waals surface area (Å²) in [6, 6.07) is 13.0. The van der Waals surface area contributed by atoms with Gasteiger partial charge in [-0.05, 0) is 49.4 Å². The summed E-state index contributed by atoms with van der Waals surface area (Å²) in [6.45, 7) is 3.43. The summed E-state index contributed by atoms with van der Waals surface area (Å²) in [4.78, 5) is 15.0. The number of amides is 1. The van der Waals surface area contributed by atoms with Crippen molar-refractivity contribution in [1.82, 2.24) is 9.21 Å². The number of hydrogen-bond donors (Lipinski definition) is 0. The van der Waals surface area contributed by atoms with E-state index in [0.717, 1.165) is 24.5 Å². The lowest BCUT2D eigenvalue weighted by Crippen LogP contribution is -2.41. The first kappa shape index (κ1) is 21.9. The van der Waals surface area contributed by atoms with E-state index in [0.29, 0.717) is 25.7 Å². The van der Waals surface area contributed by atoms with Crippen molar-refractivity contribution in [2.45, 2.75) is 37.2 Å². The molecule has 1 amide bonds. The molecule has 0 bridgehead atoms. The largest absolute Gasteiger partial charge is 0.379 e. The summed E-state index contributed by atoms with van der Waals surface area (Å²) in [5.74, 6) is -0.817. The highest BCUT2D eigenvalue weighted by Crippen LogP contribution is 2.36. The molecule has 0 aromatic heterocycles. The van der Waals surface area contributed by atoms with Crippen molar-refractivity contribution in [3.8, 4) is 0 Å². The van der Waals surface area contributed by atoms with Crippen molar-refractivity contribution in [3.05, 3.63) is 65.5 Å². The van der Waals surface area contributed by atoms with E-state index < -0.39 is 21.7 Å². The highest BCUT2D eigenvalue weighted by atomic mass is 32.2. The highest BCUT2D eigenvalue weighted by molar-refractivity contribution is 7.89. The number of rotatable bonds is 7. The van der Waals surface area contributed by atoms with Crippen LogP contribution in [0.2, 0.25) is 0 Å². The van der Waals surface area contributed by atoms with Gasteiger partial charge in [0.1, 0.15) is 5.82 Å². The van der Waals surface area contributed by atoms with Gasteiger partial charge in [-0.25, -0.2) is 12.8 Å². The molecular formula is C23H27FN2O4S. The van der Waals surface area contributed by atoms with Crippen molar-refractivity contribution in [1.29, 1.82) is 0 Å². The van der Waals surface area contributed by atoms with Crippen LogP contribution >= 0.6 is 0 Å². The number of nitrogens with zero attached hydrogens (tertiary/aromatic N) is 2. The minimum absolute atomic E-state index is 0.0633. The molecule has 2 aliphatic rings. The fourth-order valence-electron chi connectivity index (χ4n) is 3.93. The first-order valence-corrected chi connectivity index (χ1v) is 12.0. The average Bonchev–Trinajstić information content (AvgIpc) is 3.64. The van der Waals surface area contributed by atoms with Crippen LogP contribution in [0.1, 0.15) is 35.7 Å². The summed E-state index contributed by atoms with van der Waals surface area (Å²) in [7, 11) is -3.83. The fraction of sp³-hybridized carbons (Fsp3) is 0.435. The monoisotopic (exact) mass is 446 g/mol.